The number of rotatable bonds is 7. The molecular weight excluding hydrogens is 205 g/mol. The molecule has 0 heterocycles. The quantitative estimate of drug-likeness (QED) is 0.468. The molecular formula is C8H14ClF3O. The van der Waals surface area contributed by atoms with E-state index < -0.39 is 11.7 Å². The van der Waals surface area contributed by atoms with Crippen molar-refractivity contribution in [3.05, 3.63) is 0 Å². The van der Waals surface area contributed by atoms with Crippen LogP contribution in [0.1, 0.15) is 32.6 Å². The zero-order valence-corrected chi connectivity index (χ0v) is 8.29. The Balaban J connectivity index is 3.41. The Kier molecular flexibility index (Phi) is 6.51. The van der Waals surface area contributed by atoms with Crippen LogP contribution < -0.4 is 0 Å². The Morgan fingerprint density at radius 2 is 1.92 bits per heavy atom. The molecule has 13 heavy (non-hydrogen) atoms. The summed E-state index contributed by atoms with van der Waals surface area (Å²) in [5.41, 5.74) is -2.77. The maximum atomic E-state index is 12.3. The van der Waals surface area contributed by atoms with E-state index in [-0.39, 0.29) is 6.61 Å². The molecule has 0 N–H and O–H groups in total. The molecule has 0 fully saturated rings. The smallest absolute Gasteiger partial charge is 0.317 e. The SMILES string of the molecule is CCCCCCOC(F)(F)C(F)Cl. The van der Waals surface area contributed by atoms with E-state index in [1.54, 1.807) is 0 Å². The lowest BCUT2D eigenvalue weighted by Crippen LogP contribution is -2.29. The minimum absolute atomic E-state index is 0.153. The number of alkyl halides is 4. The van der Waals surface area contributed by atoms with E-state index in [4.69, 9.17) is 0 Å². The Labute approximate surface area is 81.2 Å². The molecule has 0 aromatic rings. The van der Waals surface area contributed by atoms with Crippen LogP contribution in [-0.2, 0) is 4.74 Å². The summed E-state index contributed by atoms with van der Waals surface area (Å²) in [6.07, 6.45) is -0.556. The van der Waals surface area contributed by atoms with Crippen molar-refractivity contribution < 1.29 is 17.9 Å². The van der Waals surface area contributed by atoms with Crippen LogP contribution in [0.15, 0.2) is 0 Å². The molecule has 0 aliphatic carbocycles. The highest BCUT2D eigenvalue weighted by Crippen LogP contribution is 2.26. The normalized spacial score (nSPS) is 14.5. The molecule has 1 nitrogen and oxygen atoms in total. The van der Waals surface area contributed by atoms with Crippen LogP contribution in [0, 0.1) is 0 Å². The second-order valence-electron chi connectivity index (χ2n) is 2.77. The topological polar surface area (TPSA) is 9.23 Å². The van der Waals surface area contributed by atoms with Gasteiger partial charge in [0.1, 0.15) is 0 Å². The molecule has 0 aromatic carbocycles. The molecule has 0 spiro atoms. The van der Waals surface area contributed by atoms with Crippen molar-refractivity contribution in [2.24, 2.45) is 0 Å². The monoisotopic (exact) mass is 218 g/mol. The molecule has 0 radical (unpaired) electrons. The second kappa shape index (κ2) is 6.49. The number of halogens is 4. The van der Waals surface area contributed by atoms with Gasteiger partial charge >= 0.3 is 6.11 Å². The third kappa shape index (κ3) is 6.16. The van der Waals surface area contributed by atoms with Gasteiger partial charge < -0.3 is 4.74 Å². The highest BCUT2D eigenvalue weighted by atomic mass is 35.5. The van der Waals surface area contributed by atoms with E-state index >= 15 is 0 Å². The molecule has 0 rings (SSSR count). The van der Waals surface area contributed by atoms with Gasteiger partial charge in [0.25, 0.3) is 5.63 Å². The van der Waals surface area contributed by atoms with Crippen LogP contribution in [0.5, 0.6) is 0 Å². The van der Waals surface area contributed by atoms with Crippen molar-refractivity contribution in [3.63, 3.8) is 0 Å². The van der Waals surface area contributed by atoms with E-state index in [0.29, 0.717) is 6.42 Å². The van der Waals surface area contributed by atoms with E-state index in [1.165, 1.54) is 0 Å². The molecule has 80 valence electrons. The number of ether oxygens (including phenoxy) is 1. The lowest BCUT2D eigenvalue weighted by atomic mass is 10.2. The number of hydrogen-bond donors (Lipinski definition) is 0. The van der Waals surface area contributed by atoms with Crippen molar-refractivity contribution in [3.8, 4) is 0 Å². The predicted molar refractivity (Wildman–Crippen MR) is 45.8 cm³/mol. The number of hydrogen-bond acceptors (Lipinski definition) is 1. The highest BCUT2D eigenvalue weighted by molar-refractivity contribution is 6.20. The standard InChI is InChI=1S/C8H14ClF3O/c1-2-3-4-5-6-13-8(11,12)7(9)10/h7H,2-6H2,1H3. The van der Waals surface area contributed by atoms with Crippen molar-refractivity contribution in [2.75, 3.05) is 6.61 Å². The van der Waals surface area contributed by atoms with Gasteiger partial charge in [-0.15, -0.1) is 0 Å². The van der Waals surface area contributed by atoms with E-state index in [1.807, 2.05) is 6.92 Å². The van der Waals surface area contributed by atoms with Crippen molar-refractivity contribution in [1.82, 2.24) is 0 Å². The molecule has 1 unspecified atom stereocenters. The van der Waals surface area contributed by atoms with Crippen LogP contribution in [0.4, 0.5) is 13.2 Å². The lowest BCUT2D eigenvalue weighted by Gasteiger charge is -2.16. The first-order chi connectivity index (χ1) is 6.00. The first-order valence-electron chi connectivity index (χ1n) is 4.30. The average molecular weight is 219 g/mol. The van der Waals surface area contributed by atoms with Crippen molar-refractivity contribution >= 4 is 11.6 Å². The highest BCUT2D eigenvalue weighted by Gasteiger charge is 2.40. The van der Waals surface area contributed by atoms with Crippen LogP contribution in [0.3, 0.4) is 0 Å². The van der Waals surface area contributed by atoms with Crippen LogP contribution in [-0.4, -0.2) is 18.3 Å². The summed E-state index contributed by atoms with van der Waals surface area (Å²) in [7, 11) is 0. The maximum absolute atomic E-state index is 12.3. The number of unbranched alkanes of at least 4 members (excludes halogenated alkanes) is 3. The first-order valence-corrected chi connectivity index (χ1v) is 4.74. The minimum atomic E-state index is -3.85. The summed E-state index contributed by atoms with van der Waals surface area (Å²) in [6.45, 7) is 1.85. The zero-order chi connectivity index (χ0) is 10.3. The van der Waals surface area contributed by atoms with Crippen LogP contribution in [0.25, 0.3) is 0 Å². The predicted octanol–water partition coefficient (Wildman–Crippen LogP) is 3.71. The fourth-order valence-corrected chi connectivity index (χ4v) is 0.863. The second-order valence-corrected chi connectivity index (χ2v) is 3.15. The van der Waals surface area contributed by atoms with Gasteiger partial charge in [-0.25, -0.2) is 4.39 Å². The summed E-state index contributed by atoms with van der Waals surface area (Å²) >= 11 is 4.57. The molecule has 1 atom stereocenters. The van der Waals surface area contributed by atoms with Gasteiger partial charge in [-0.1, -0.05) is 37.8 Å². The van der Waals surface area contributed by atoms with E-state index in [9.17, 15) is 13.2 Å². The molecule has 0 amide bonds. The maximum Gasteiger partial charge on any atom is 0.400 e. The van der Waals surface area contributed by atoms with E-state index in [2.05, 4.69) is 16.3 Å². The molecule has 0 bridgehead atoms. The Hall–Kier alpha value is 0.0400. The Morgan fingerprint density at radius 1 is 1.31 bits per heavy atom. The van der Waals surface area contributed by atoms with Crippen molar-refractivity contribution in [1.29, 1.82) is 0 Å². The summed E-state index contributed by atoms with van der Waals surface area (Å²) < 4.78 is 40.6. The lowest BCUT2D eigenvalue weighted by molar-refractivity contribution is -0.256. The first kappa shape index (κ1) is 13.0. The van der Waals surface area contributed by atoms with Gasteiger partial charge in [0.15, 0.2) is 0 Å². The fraction of sp³-hybridized carbons (Fsp3) is 1.00. The van der Waals surface area contributed by atoms with Gasteiger partial charge in [0, 0.05) is 0 Å². The largest absolute Gasteiger partial charge is 0.400 e. The van der Waals surface area contributed by atoms with Crippen molar-refractivity contribution in [2.45, 2.75) is 44.3 Å². The van der Waals surface area contributed by atoms with Crippen LogP contribution in [0.2, 0.25) is 0 Å². The van der Waals surface area contributed by atoms with Gasteiger partial charge in [-0.2, -0.15) is 8.78 Å². The molecule has 0 saturated carbocycles. The van der Waals surface area contributed by atoms with Gasteiger partial charge in [-0.05, 0) is 6.42 Å². The fourth-order valence-electron chi connectivity index (χ4n) is 0.800. The Morgan fingerprint density at radius 3 is 2.38 bits per heavy atom. The van der Waals surface area contributed by atoms with E-state index in [0.717, 1.165) is 19.3 Å². The molecule has 0 aliphatic rings. The molecule has 5 heteroatoms. The van der Waals surface area contributed by atoms with Gasteiger partial charge in [-0.3, -0.25) is 0 Å². The molecule has 0 aliphatic heterocycles. The minimum Gasteiger partial charge on any atom is -0.317 e. The van der Waals surface area contributed by atoms with Crippen LogP contribution >= 0.6 is 11.6 Å². The zero-order valence-electron chi connectivity index (χ0n) is 7.53. The van der Waals surface area contributed by atoms with Gasteiger partial charge in [0.2, 0.25) is 0 Å². The van der Waals surface area contributed by atoms with Gasteiger partial charge in [0.05, 0.1) is 6.61 Å². The summed E-state index contributed by atoms with van der Waals surface area (Å²) in [6, 6.07) is 0. The third-order valence-corrected chi connectivity index (χ3v) is 1.80. The summed E-state index contributed by atoms with van der Waals surface area (Å²) in [4.78, 5) is 0. The third-order valence-electron chi connectivity index (χ3n) is 1.55. The molecule has 0 aromatic heterocycles. The summed E-state index contributed by atoms with van der Waals surface area (Å²) in [5.74, 6) is 0. The molecule has 0 saturated heterocycles. The Bertz CT molecular complexity index is 131. The summed E-state index contributed by atoms with van der Waals surface area (Å²) in [5, 5.41) is 0. The average Bonchev–Trinajstić information content (AvgIpc) is 2.03.